The van der Waals surface area contributed by atoms with Gasteiger partial charge < -0.3 is 15.5 Å². The number of hydrogen-bond acceptors (Lipinski definition) is 5. The van der Waals surface area contributed by atoms with E-state index in [-0.39, 0.29) is 11.8 Å². The topological polar surface area (TPSA) is 87.2 Å². The van der Waals surface area contributed by atoms with Gasteiger partial charge in [0.05, 0.1) is 11.2 Å². The van der Waals surface area contributed by atoms with E-state index >= 15 is 0 Å². The van der Waals surface area contributed by atoms with Gasteiger partial charge in [-0.2, -0.15) is 0 Å². The van der Waals surface area contributed by atoms with E-state index in [1.54, 1.807) is 30.6 Å². The lowest BCUT2D eigenvalue weighted by atomic mass is 10.1. The first kappa shape index (κ1) is 21.8. The van der Waals surface area contributed by atoms with Crippen molar-refractivity contribution in [3.05, 3.63) is 60.6 Å². The lowest BCUT2D eigenvalue weighted by Gasteiger charge is -2.21. The number of hydrogen-bond donors (Lipinski definition) is 2. The number of para-hydroxylation sites is 1. The molecule has 2 heterocycles. The van der Waals surface area contributed by atoms with Crippen LogP contribution in [-0.4, -0.2) is 41.9 Å². The van der Waals surface area contributed by atoms with Crippen LogP contribution in [0.4, 0.5) is 11.4 Å². The molecule has 158 valence electrons. The fourth-order valence-corrected chi connectivity index (χ4v) is 3.22. The number of terminal acetylenes is 1. The molecule has 2 N–H and O–H groups in total. The Balaban J connectivity index is 1.68. The number of pyridine rings is 2. The third-order valence-corrected chi connectivity index (χ3v) is 4.79. The van der Waals surface area contributed by atoms with Crippen LogP contribution in [0.3, 0.4) is 0 Å². The molecule has 3 aromatic rings. The molecule has 0 bridgehead atoms. The summed E-state index contributed by atoms with van der Waals surface area (Å²) in [5.41, 5.74) is 2.68. The summed E-state index contributed by atoms with van der Waals surface area (Å²) < 4.78 is 0. The first-order valence-corrected chi connectivity index (χ1v) is 10.1. The van der Waals surface area contributed by atoms with Gasteiger partial charge in [-0.1, -0.05) is 18.2 Å². The summed E-state index contributed by atoms with van der Waals surface area (Å²) in [6.07, 6.45) is 10.1. The summed E-state index contributed by atoms with van der Waals surface area (Å²) in [5, 5.41) is 6.72. The number of rotatable bonds is 9. The van der Waals surface area contributed by atoms with Crippen LogP contribution in [0.2, 0.25) is 0 Å². The van der Waals surface area contributed by atoms with Crippen LogP contribution in [0.25, 0.3) is 10.9 Å². The SMILES string of the molecule is C#CCCC(=O)NCCCN(C)c1ccnc2c(NC(=O)c3ccccn3)cccc12. The highest BCUT2D eigenvalue weighted by molar-refractivity contribution is 6.09. The van der Waals surface area contributed by atoms with Crippen molar-refractivity contribution in [2.24, 2.45) is 0 Å². The zero-order chi connectivity index (χ0) is 22.1. The first-order chi connectivity index (χ1) is 15.1. The fraction of sp³-hybridized carbons (Fsp3) is 0.250. The summed E-state index contributed by atoms with van der Waals surface area (Å²) in [7, 11) is 1.99. The minimum atomic E-state index is -0.283. The van der Waals surface area contributed by atoms with Gasteiger partial charge in [-0.25, -0.2) is 0 Å². The minimum Gasteiger partial charge on any atom is -0.374 e. The molecule has 0 radical (unpaired) electrons. The predicted molar refractivity (Wildman–Crippen MR) is 123 cm³/mol. The number of benzene rings is 1. The Morgan fingerprint density at radius 3 is 2.74 bits per heavy atom. The maximum Gasteiger partial charge on any atom is 0.274 e. The molecule has 0 fully saturated rings. The van der Waals surface area contributed by atoms with Crippen LogP contribution >= 0.6 is 0 Å². The van der Waals surface area contributed by atoms with E-state index in [0.29, 0.717) is 36.3 Å². The fourth-order valence-electron chi connectivity index (χ4n) is 3.22. The van der Waals surface area contributed by atoms with Crippen molar-refractivity contribution in [1.82, 2.24) is 15.3 Å². The van der Waals surface area contributed by atoms with Gasteiger partial charge in [0.15, 0.2) is 0 Å². The van der Waals surface area contributed by atoms with E-state index in [9.17, 15) is 9.59 Å². The van der Waals surface area contributed by atoms with Crippen molar-refractivity contribution in [1.29, 1.82) is 0 Å². The van der Waals surface area contributed by atoms with Gasteiger partial charge >= 0.3 is 0 Å². The lowest BCUT2D eigenvalue weighted by Crippen LogP contribution is -2.28. The molecule has 0 atom stereocenters. The molecule has 0 saturated heterocycles. The van der Waals surface area contributed by atoms with Gasteiger partial charge in [0.2, 0.25) is 5.91 Å². The molecule has 0 aliphatic carbocycles. The highest BCUT2D eigenvalue weighted by Gasteiger charge is 2.13. The van der Waals surface area contributed by atoms with Gasteiger partial charge in [-0.05, 0) is 30.7 Å². The number of nitrogens with zero attached hydrogens (tertiary/aromatic N) is 3. The van der Waals surface area contributed by atoms with Crippen molar-refractivity contribution < 1.29 is 9.59 Å². The van der Waals surface area contributed by atoms with Crippen molar-refractivity contribution in [2.45, 2.75) is 19.3 Å². The van der Waals surface area contributed by atoms with Crippen molar-refractivity contribution >= 4 is 34.1 Å². The lowest BCUT2D eigenvalue weighted by molar-refractivity contribution is -0.120. The third-order valence-electron chi connectivity index (χ3n) is 4.79. The molecule has 2 amide bonds. The van der Waals surface area contributed by atoms with E-state index in [0.717, 1.165) is 24.0 Å². The number of amides is 2. The molecule has 7 nitrogen and oxygen atoms in total. The van der Waals surface area contributed by atoms with Gasteiger partial charge in [0.1, 0.15) is 5.69 Å². The molecule has 1 aromatic carbocycles. The average molecular weight is 415 g/mol. The van der Waals surface area contributed by atoms with Crippen LogP contribution in [-0.2, 0) is 4.79 Å². The highest BCUT2D eigenvalue weighted by Crippen LogP contribution is 2.29. The quantitative estimate of drug-likeness (QED) is 0.414. The number of aromatic nitrogens is 2. The summed E-state index contributed by atoms with van der Waals surface area (Å²) in [4.78, 5) is 34.9. The van der Waals surface area contributed by atoms with Crippen LogP contribution in [0.15, 0.2) is 54.9 Å². The van der Waals surface area contributed by atoms with Crippen molar-refractivity contribution in [3.8, 4) is 12.3 Å². The number of nitrogens with one attached hydrogen (secondary N) is 2. The molecule has 0 spiro atoms. The summed E-state index contributed by atoms with van der Waals surface area (Å²) in [6.45, 7) is 1.33. The molecule has 0 unspecified atom stereocenters. The first-order valence-electron chi connectivity index (χ1n) is 10.1. The smallest absolute Gasteiger partial charge is 0.274 e. The molecule has 31 heavy (non-hydrogen) atoms. The van der Waals surface area contributed by atoms with Crippen LogP contribution in [0, 0.1) is 12.3 Å². The van der Waals surface area contributed by atoms with Crippen LogP contribution in [0.1, 0.15) is 29.8 Å². The summed E-state index contributed by atoms with van der Waals surface area (Å²) in [5.74, 6) is 2.16. The van der Waals surface area contributed by atoms with E-state index in [1.165, 1.54) is 0 Å². The zero-order valence-corrected chi connectivity index (χ0v) is 17.5. The second-order valence-electron chi connectivity index (χ2n) is 7.03. The van der Waals surface area contributed by atoms with Crippen molar-refractivity contribution in [2.75, 3.05) is 30.4 Å². The zero-order valence-electron chi connectivity index (χ0n) is 17.5. The number of carbonyl (C=O) groups excluding carboxylic acids is 2. The minimum absolute atomic E-state index is 0.0248. The van der Waals surface area contributed by atoms with Gasteiger partial charge in [0, 0.05) is 56.4 Å². The molecule has 7 heteroatoms. The predicted octanol–water partition coefficient (Wildman–Crippen LogP) is 3.24. The Morgan fingerprint density at radius 1 is 1.10 bits per heavy atom. The standard InChI is InChI=1S/C24H25N5O2/c1-3-4-12-22(30)26-15-8-17-29(2)21-13-16-27-23-18(21)9-7-11-19(23)28-24(31)20-10-5-6-14-25-20/h1,5-7,9-11,13-14,16H,4,8,12,15,17H2,2H3,(H,26,30)(H,28,31). The third kappa shape index (κ3) is 5.80. The second kappa shape index (κ2) is 10.7. The van der Waals surface area contributed by atoms with E-state index in [2.05, 4.69) is 31.4 Å². The molecule has 0 aliphatic rings. The molecule has 2 aromatic heterocycles. The van der Waals surface area contributed by atoms with Gasteiger partial charge in [-0.15, -0.1) is 12.3 Å². The normalized spacial score (nSPS) is 10.3. The van der Waals surface area contributed by atoms with Gasteiger partial charge in [-0.3, -0.25) is 19.6 Å². The molecular formula is C24H25N5O2. The molecule has 0 saturated carbocycles. The van der Waals surface area contributed by atoms with Crippen LogP contribution < -0.4 is 15.5 Å². The number of fused-ring (bicyclic) bond motifs is 1. The Morgan fingerprint density at radius 2 is 1.97 bits per heavy atom. The summed E-state index contributed by atoms with van der Waals surface area (Å²) in [6, 6.07) is 12.8. The average Bonchev–Trinajstić information content (AvgIpc) is 2.80. The second-order valence-corrected chi connectivity index (χ2v) is 7.03. The molecule has 0 aliphatic heterocycles. The molecule has 3 rings (SSSR count). The largest absolute Gasteiger partial charge is 0.374 e. The maximum absolute atomic E-state index is 12.5. The Kier molecular flexibility index (Phi) is 7.55. The Bertz CT molecular complexity index is 1090. The Hall–Kier alpha value is -3.92. The summed E-state index contributed by atoms with van der Waals surface area (Å²) >= 11 is 0. The van der Waals surface area contributed by atoms with E-state index < -0.39 is 0 Å². The molecular weight excluding hydrogens is 390 g/mol. The van der Waals surface area contributed by atoms with Crippen molar-refractivity contribution in [3.63, 3.8) is 0 Å². The Labute approximate surface area is 181 Å². The van der Waals surface area contributed by atoms with Crippen LogP contribution in [0.5, 0.6) is 0 Å². The highest BCUT2D eigenvalue weighted by atomic mass is 16.2. The maximum atomic E-state index is 12.5. The monoisotopic (exact) mass is 415 g/mol. The van der Waals surface area contributed by atoms with E-state index in [1.807, 2.05) is 31.3 Å². The van der Waals surface area contributed by atoms with Gasteiger partial charge in [0.25, 0.3) is 5.91 Å². The van der Waals surface area contributed by atoms with E-state index in [4.69, 9.17) is 6.42 Å². The number of anilines is 2. The number of carbonyl (C=O) groups is 2.